The first-order valence-corrected chi connectivity index (χ1v) is 6.94. The monoisotopic (exact) mass is 316 g/mol. The summed E-state index contributed by atoms with van der Waals surface area (Å²) in [6.07, 6.45) is 0. The van der Waals surface area contributed by atoms with Crippen LogP contribution in [-0.4, -0.2) is 14.7 Å². The van der Waals surface area contributed by atoms with Crippen molar-refractivity contribution in [1.29, 1.82) is 0 Å². The van der Waals surface area contributed by atoms with Gasteiger partial charge < -0.3 is 9.67 Å². The summed E-state index contributed by atoms with van der Waals surface area (Å²) in [4.78, 5) is 4.65. The van der Waals surface area contributed by atoms with Crippen LogP contribution in [0.1, 0.15) is 6.92 Å². The molecule has 1 heterocycles. The zero-order valence-electron chi connectivity index (χ0n) is 10.5. The van der Waals surface area contributed by atoms with E-state index in [1.807, 2.05) is 36.4 Å². The molecule has 0 aliphatic heterocycles. The Hall–Kier alpha value is -1.81. The maximum atomic E-state index is 10.0. The summed E-state index contributed by atoms with van der Waals surface area (Å²) in [5.41, 5.74) is 2.76. The average Bonchev–Trinajstić information content (AvgIpc) is 2.76. The number of fused-ring (bicyclic) bond motifs is 1. The number of phenolic OH excluding ortho intramolecular Hbond substituents is 1. The molecule has 0 atom stereocenters. The molecule has 0 aliphatic carbocycles. The highest BCUT2D eigenvalue weighted by Crippen LogP contribution is 2.31. The number of halogens is 1. The highest BCUT2D eigenvalue weighted by molar-refractivity contribution is 9.10. The molecule has 0 radical (unpaired) electrons. The van der Waals surface area contributed by atoms with Crippen molar-refractivity contribution >= 4 is 27.0 Å². The highest BCUT2D eigenvalue weighted by Gasteiger charge is 2.14. The molecule has 1 N–H and O–H groups in total. The zero-order valence-corrected chi connectivity index (χ0v) is 12.1. The van der Waals surface area contributed by atoms with Gasteiger partial charge in [0.15, 0.2) is 0 Å². The van der Waals surface area contributed by atoms with Crippen LogP contribution in [0, 0.1) is 0 Å². The average molecular weight is 317 g/mol. The van der Waals surface area contributed by atoms with E-state index >= 15 is 0 Å². The predicted octanol–water partition coefficient (Wildman–Crippen LogP) is 4.19. The summed E-state index contributed by atoms with van der Waals surface area (Å²) in [5, 5.41) is 10.0. The Kier molecular flexibility index (Phi) is 3.03. The molecule has 0 saturated carbocycles. The SMILES string of the molecule is CCn1c(-c2ccccc2O)nc2cc(Br)ccc21. The van der Waals surface area contributed by atoms with Gasteiger partial charge in [-0.05, 0) is 37.3 Å². The lowest BCUT2D eigenvalue weighted by Crippen LogP contribution is -1.97. The number of rotatable bonds is 2. The Labute approximate surface area is 119 Å². The van der Waals surface area contributed by atoms with E-state index in [1.165, 1.54) is 0 Å². The number of benzene rings is 2. The lowest BCUT2D eigenvalue weighted by Gasteiger charge is -2.07. The normalized spacial score (nSPS) is 11.1. The third kappa shape index (κ3) is 2.02. The van der Waals surface area contributed by atoms with Crippen LogP contribution in [0.15, 0.2) is 46.9 Å². The molecule has 96 valence electrons. The molecule has 0 bridgehead atoms. The third-order valence-electron chi connectivity index (χ3n) is 3.17. The minimum atomic E-state index is 0.256. The Morgan fingerprint density at radius 1 is 1.21 bits per heavy atom. The van der Waals surface area contributed by atoms with E-state index in [0.717, 1.165) is 33.4 Å². The molecule has 3 rings (SSSR count). The van der Waals surface area contributed by atoms with E-state index in [-0.39, 0.29) is 5.75 Å². The van der Waals surface area contributed by atoms with E-state index in [9.17, 15) is 5.11 Å². The Bertz CT molecular complexity index is 749. The maximum absolute atomic E-state index is 10.0. The van der Waals surface area contributed by atoms with Crippen molar-refractivity contribution in [3.63, 3.8) is 0 Å². The Morgan fingerprint density at radius 2 is 2.00 bits per heavy atom. The van der Waals surface area contributed by atoms with Gasteiger partial charge in [0, 0.05) is 11.0 Å². The molecule has 0 saturated heterocycles. The second kappa shape index (κ2) is 4.70. The summed E-state index contributed by atoms with van der Waals surface area (Å²) in [6.45, 7) is 2.88. The fourth-order valence-corrected chi connectivity index (χ4v) is 2.64. The molecule has 19 heavy (non-hydrogen) atoms. The molecule has 0 amide bonds. The fraction of sp³-hybridized carbons (Fsp3) is 0.133. The summed E-state index contributed by atoms with van der Waals surface area (Å²) in [5.74, 6) is 1.06. The zero-order chi connectivity index (χ0) is 13.4. The number of hydrogen-bond donors (Lipinski definition) is 1. The highest BCUT2D eigenvalue weighted by atomic mass is 79.9. The van der Waals surface area contributed by atoms with Crippen LogP contribution in [-0.2, 0) is 6.54 Å². The molecular formula is C15H13BrN2O. The van der Waals surface area contributed by atoms with Crippen molar-refractivity contribution in [1.82, 2.24) is 9.55 Å². The van der Waals surface area contributed by atoms with Gasteiger partial charge in [0.2, 0.25) is 0 Å². The molecule has 0 unspecified atom stereocenters. The van der Waals surface area contributed by atoms with Crippen LogP contribution in [0.3, 0.4) is 0 Å². The smallest absolute Gasteiger partial charge is 0.144 e. The van der Waals surface area contributed by atoms with Crippen LogP contribution in [0.25, 0.3) is 22.4 Å². The molecular weight excluding hydrogens is 304 g/mol. The van der Waals surface area contributed by atoms with E-state index in [2.05, 4.69) is 32.4 Å². The van der Waals surface area contributed by atoms with Gasteiger partial charge in [-0.25, -0.2) is 4.98 Å². The summed E-state index contributed by atoms with van der Waals surface area (Å²) >= 11 is 3.46. The Balaban J connectivity index is 2.32. The van der Waals surface area contributed by atoms with Gasteiger partial charge in [-0.2, -0.15) is 0 Å². The van der Waals surface area contributed by atoms with Gasteiger partial charge in [-0.15, -0.1) is 0 Å². The van der Waals surface area contributed by atoms with Crippen LogP contribution in [0.2, 0.25) is 0 Å². The van der Waals surface area contributed by atoms with Crippen LogP contribution >= 0.6 is 15.9 Å². The second-order valence-electron chi connectivity index (χ2n) is 4.33. The molecule has 0 fully saturated rings. The number of para-hydroxylation sites is 1. The first-order chi connectivity index (χ1) is 9.20. The summed E-state index contributed by atoms with van der Waals surface area (Å²) < 4.78 is 3.11. The van der Waals surface area contributed by atoms with Crippen LogP contribution in [0.4, 0.5) is 0 Å². The number of aryl methyl sites for hydroxylation is 1. The van der Waals surface area contributed by atoms with Crippen molar-refractivity contribution in [2.75, 3.05) is 0 Å². The van der Waals surface area contributed by atoms with E-state index < -0.39 is 0 Å². The van der Waals surface area contributed by atoms with Gasteiger partial charge >= 0.3 is 0 Å². The molecule has 1 aromatic heterocycles. The number of aromatic hydroxyl groups is 1. The summed E-state index contributed by atoms with van der Waals surface area (Å²) in [6, 6.07) is 13.3. The topological polar surface area (TPSA) is 38.0 Å². The van der Waals surface area contributed by atoms with Gasteiger partial charge in [0.25, 0.3) is 0 Å². The quantitative estimate of drug-likeness (QED) is 0.769. The molecule has 3 nitrogen and oxygen atoms in total. The van der Waals surface area contributed by atoms with E-state index in [1.54, 1.807) is 6.07 Å². The summed E-state index contributed by atoms with van der Waals surface area (Å²) in [7, 11) is 0. The first kappa shape index (κ1) is 12.2. The van der Waals surface area contributed by atoms with Crippen molar-refractivity contribution in [2.24, 2.45) is 0 Å². The third-order valence-corrected chi connectivity index (χ3v) is 3.66. The predicted molar refractivity (Wildman–Crippen MR) is 80.2 cm³/mol. The lowest BCUT2D eigenvalue weighted by atomic mass is 10.2. The van der Waals surface area contributed by atoms with Crippen molar-refractivity contribution in [3.05, 3.63) is 46.9 Å². The first-order valence-electron chi connectivity index (χ1n) is 6.15. The van der Waals surface area contributed by atoms with Crippen LogP contribution in [0.5, 0.6) is 5.75 Å². The van der Waals surface area contributed by atoms with Gasteiger partial charge in [0.05, 0.1) is 16.6 Å². The fourth-order valence-electron chi connectivity index (χ4n) is 2.29. The maximum Gasteiger partial charge on any atom is 0.144 e. The van der Waals surface area contributed by atoms with Crippen molar-refractivity contribution in [2.45, 2.75) is 13.5 Å². The van der Waals surface area contributed by atoms with Gasteiger partial charge in [0.1, 0.15) is 11.6 Å². The lowest BCUT2D eigenvalue weighted by molar-refractivity contribution is 0.476. The number of imidazole rings is 1. The van der Waals surface area contributed by atoms with Crippen molar-refractivity contribution < 1.29 is 5.11 Å². The van der Waals surface area contributed by atoms with E-state index in [0.29, 0.717) is 0 Å². The van der Waals surface area contributed by atoms with Crippen molar-refractivity contribution in [3.8, 4) is 17.1 Å². The molecule has 2 aromatic carbocycles. The molecule has 0 spiro atoms. The van der Waals surface area contributed by atoms with Crippen LogP contribution < -0.4 is 0 Å². The van der Waals surface area contributed by atoms with Gasteiger partial charge in [-0.3, -0.25) is 0 Å². The number of nitrogens with zero attached hydrogens (tertiary/aromatic N) is 2. The number of aromatic nitrogens is 2. The Morgan fingerprint density at radius 3 is 2.74 bits per heavy atom. The second-order valence-corrected chi connectivity index (χ2v) is 5.25. The van der Waals surface area contributed by atoms with E-state index in [4.69, 9.17) is 0 Å². The number of hydrogen-bond acceptors (Lipinski definition) is 2. The van der Waals surface area contributed by atoms with Gasteiger partial charge in [-0.1, -0.05) is 28.1 Å². The molecule has 3 aromatic rings. The minimum absolute atomic E-state index is 0.256. The standard InChI is InChI=1S/C15H13BrN2O/c1-2-18-13-8-7-10(16)9-12(13)17-15(18)11-5-3-4-6-14(11)19/h3-9,19H,2H2,1H3. The number of phenols is 1. The minimum Gasteiger partial charge on any atom is -0.507 e. The largest absolute Gasteiger partial charge is 0.507 e. The molecule has 0 aliphatic rings. The molecule has 4 heteroatoms.